The number of rotatable bonds is 2. The SMILES string of the molecule is O=P(O)(O)OP(=O)(O)O.O=[Si](O)O.[MgH2].[NaH].[NaH].[NaH].[NaH].[NaH]. The summed E-state index contributed by atoms with van der Waals surface area (Å²) < 4.78 is 31.0. The Morgan fingerprint density at radius 1 is 0.737 bits per heavy atom. The Hall–Kier alpha value is 5.64. The van der Waals surface area contributed by atoms with Gasteiger partial charge in [0.1, 0.15) is 0 Å². The van der Waals surface area contributed by atoms with Crippen molar-refractivity contribution < 1.29 is 47.1 Å². The van der Waals surface area contributed by atoms with Gasteiger partial charge in [0.25, 0.3) is 0 Å². The van der Waals surface area contributed by atoms with Crippen molar-refractivity contribution >= 4 is 196 Å². The molecule has 0 aliphatic carbocycles. The predicted molar refractivity (Wildman–Crippen MR) is 80.3 cm³/mol. The molecule has 0 aliphatic rings. The first-order chi connectivity index (χ1) is 5.44. The van der Waals surface area contributed by atoms with Crippen molar-refractivity contribution in [1.29, 1.82) is 0 Å². The molecule has 0 bridgehead atoms. The van der Waals surface area contributed by atoms with Crippen LogP contribution in [0.5, 0.6) is 0 Å². The molecule has 94 valence electrons. The summed E-state index contributed by atoms with van der Waals surface area (Å²) in [5, 5.41) is 0. The number of hydrogen-bond donors (Lipinski definition) is 6. The van der Waals surface area contributed by atoms with E-state index >= 15 is 0 Å². The molecule has 0 spiro atoms. The van der Waals surface area contributed by atoms with E-state index in [1.54, 1.807) is 0 Å². The molecule has 0 atom stereocenters. The Balaban J connectivity index is -0.0000000183. The van der Waals surface area contributed by atoms with Gasteiger partial charge < -0.3 is 29.2 Å². The van der Waals surface area contributed by atoms with Gasteiger partial charge in [-0.2, -0.15) is 4.31 Å². The van der Waals surface area contributed by atoms with Gasteiger partial charge in [-0.25, -0.2) is 9.13 Å². The summed E-state index contributed by atoms with van der Waals surface area (Å²) in [7, 11) is -13.2. The van der Waals surface area contributed by atoms with Crippen LogP contribution in [0, 0.1) is 0 Å². The van der Waals surface area contributed by atoms with E-state index in [4.69, 9.17) is 33.6 Å². The Kier molecular flexibility index (Phi) is 67.7. The molecule has 0 heterocycles. The van der Waals surface area contributed by atoms with Crippen molar-refractivity contribution in [3.63, 3.8) is 0 Å². The van der Waals surface area contributed by atoms with E-state index in [1.165, 1.54) is 0 Å². The van der Waals surface area contributed by atoms with E-state index < -0.39 is 24.8 Å². The van der Waals surface area contributed by atoms with Crippen LogP contribution in [-0.2, 0) is 17.9 Å². The average molecular weight is 402 g/mol. The summed E-state index contributed by atoms with van der Waals surface area (Å²) in [5.74, 6) is 0. The van der Waals surface area contributed by atoms with Crippen molar-refractivity contribution in [3.05, 3.63) is 0 Å². The van der Waals surface area contributed by atoms with E-state index in [2.05, 4.69) is 4.31 Å². The van der Waals surface area contributed by atoms with Crippen LogP contribution in [0.25, 0.3) is 0 Å². The van der Waals surface area contributed by atoms with Crippen LogP contribution < -0.4 is 0 Å². The summed E-state index contributed by atoms with van der Waals surface area (Å²) in [6.07, 6.45) is 0. The van der Waals surface area contributed by atoms with Crippen LogP contribution >= 0.6 is 15.6 Å². The van der Waals surface area contributed by atoms with Gasteiger partial charge in [0.15, 0.2) is 0 Å². The molecule has 0 fully saturated rings. The fourth-order valence-electron chi connectivity index (χ4n) is 0.139. The van der Waals surface area contributed by atoms with E-state index in [1.807, 2.05) is 0 Å². The molecule has 6 N–H and O–H groups in total. The zero-order valence-electron chi connectivity index (χ0n) is 5.71. The molecule has 0 amide bonds. The van der Waals surface area contributed by atoms with Crippen LogP contribution in [0.2, 0.25) is 0 Å². The predicted octanol–water partition coefficient (Wildman–Crippen LogP) is -6.58. The Morgan fingerprint density at radius 3 is 0.842 bits per heavy atom. The summed E-state index contributed by atoms with van der Waals surface area (Å²) in [5.41, 5.74) is 0. The third-order valence-corrected chi connectivity index (χ3v) is 1.91. The molecule has 0 saturated heterocycles. The number of hydrogen-bond acceptors (Lipinski definition) is 4. The summed E-state index contributed by atoms with van der Waals surface area (Å²) >= 11 is 0. The van der Waals surface area contributed by atoms with Gasteiger partial charge in [-0.3, -0.25) is 4.46 Å². The molecular weight excluding hydrogens is 389 g/mol. The van der Waals surface area contributed by atoms with Crippen LogP contribution in [0.15, 0.2) is 0 Å². The van der Waals surface area contributed by atoms with Crippen molar-refractivity contribution in [2.24, 2.45) is 0 Å². The van der Waals surface area contributed by atoms with Crippen molar-refractivity contribution in [1.82, 2.24) is 0 Å². The third kappa shape index (κ3) is 81.7. The monoisotopic (exact) mass is 402 g/mol. The van der Waals surface area contributed by atoms with Gasteiger partial charge in [-0.15, -0.1) is 0 Å². The van der Waals surface area contributed by atoms with Gasteiger partial charge in [-0.05, 0) is 0 Å². The first-order valence-corrected chi connectivity index (χ1v) is 6.54. The first kappa shape index (κ1) is 49.7. The van der Waals surface area contributed by atoms with Crippen molar-refractivity contribution in [2.75, 3.05) is 0 Å². The second-order valence-corrected chi connectivity index (χ2v) is 4.53. The standard InChI is InChI=1S/Mg.5Na.H4O7P2.H2O3Si.7H/c;;;;;;1-8(2,3)7-9(4,5)6;1-4(2)3;;;;;;;/h;;;;;;(H2,1,2,3)(H2,4,5,6);1-2H;;;;;;;. The number of phosphoric acid groups is 2. The van der Waals surface area contributed by atoms with E-state index in [0.717, 1.165) is 0 Å². The third-order valence-electron chi connectivity index (χ3n) is 0.213. The molecule has 0 radical (unpaired) electrons. The van der Waals surface area contributed by atoms with Gasteiger partial charge in [0.2, 0.25) is 0 Å². The molecule has 0 aliphatic heterocycles. The zero-order chi connectivity index (χ0) is 11.3. The molecule has 19 heteroatoms. The van der Waals surface area contributed by atoms with E-state index in [0.29, 0.717) is 0 Å². The van der Waals surface area contributed by atoms with Crippen LogP contribution in [0.1, 0.15) is 0 Å². The van der Waals surface area contributed by atoms with Crippen LogP contribution in [-0.4, -0.2) is 209 Å². The molecular formula is H13MgNa5O10P2Si. The molecule has 0 aromatic carbocycles. The first-order valence-electron chi connectivity index (χ1n) is 2.18. The molecule has 0 aromatic rings. The summed E-state index contributed by atoms with van der Waals surface area (Å²) in [6.45, 7) is 0. The van der Waals surface area contributed by atoms with Gasteiger partial charge in [-0.1, -0.05) is 0 Å². The van der Waals surface area contributed by atoms with Crippen LogP contribution in [0.4, 0.5) is 0 Å². The normalized spacial score (nSPS) is 7.79. The van der Waals surface area contributed by atoms with Crippen LogP contribution in [0.3, 0.4) is 0 Å². The van der Waals surface area contributed by atoms with Crippen molar-refractivity contribution in [2.45, 2.75) is 0 Å². The molecule has 0 aromatic heterocycles. The minimum atomic E-state index is -5.05. The van der Waals surface area contributed by atoms with Gasteiger partial charge in [0.05, 0.1) is 0 Å². The van der Waals surface area contributed by atoms with Gasteiger partial charge in [0, 0.05) is 0 Å². The zero-order valence-corrected chi connectivity index (χ0v) is 8.50. The minimum absolute atomic E-state index is 0. The average Bonchev–Trinajstić information content (AvgIpc) is 1.47. The Morgan fingerprint density at radius 2 is 0.842 bits per heavy atom. The fourth-order valence-corrected chi connectivity index (χ4v) is 1.25. The van der Waals surface area contributed by atoms with E-state index in [-0.39, 0.29) is 171 Å². The fraction of sp³-hybridized carbons (Fsp3) is 0. The molecule has 19 heavy (non-hydrogen) atoms. The van der Waals surface area contributed by atoms with E-state index in [9.17, 15) is 9.13 Å². The molecule has 0 rings (SSSR count). The summed E-state index contributed by atoms with van der Waals surface area (Å²) in [6, 6.07) is 0. The Labute approximate surface area is 237 Å². The summed E-state index contributed by atoms with van der Waals surface area (Å²) in [4.78, 5) is 45.3. The second-order valence-electron chi connectivity index (χ2n) is 1.35. The molecule has 10 nitrogen and oxygen atoms in total. The second kappa shape index (κ2) is 25.9. The molecule has 0 unspecified atom stereocenters. The maximum absolute atomic E-state index is 9.63. The van der Waals surface area contributed by atoms with Crippen molar-refractivity contribution in [3.8, 4) is 0 Å². The maximum atomic E-state index is 9.63. The Bertz CT molecular complexity index is 239. The molecule has 0 saturated carbocycles. The topological polar surface area (TPSA) is 182 Å². The van der Waals surface area contributed by atoms with Gasteiger partial charge >= 0.3 is 196 Å². The quantitative estimate of drug-likeness (QED) is 0.192.